The van der Waals surface area contributed by atoms with Gasteiger partial charge in [-0.3, -0.25) is 0 Å². The van der Waals surface area contributed by atoms with Crippen molar-refractivity contribution in [2.45, 2.75) is 57.5 Å². The van der Waals surface area contributed by atoms with Crippen molar-refractivity contribution in [1.29, 1.82) is 0 Å². The number of ether oxygens (including phenoxy) is 1. The predicted octanol–water partition coefficient (Wildman–Crippen LogP) is 6.08. The van der Waals surface area contributed by atoms with E-state index in [-0.39, 0.29) is 0 Å². The molecule has 1 aromatic carbocycles. The summed E-state index contributed by atoms with van der Waals surface area (Å²) in [6, 6.07) is 3.80. The maximum absolute atomic E-state index is 13.1. The molecule has 0 heterocycles. The predicted molar refractivity (Wildman–Crippen MR) is 75.3 cm³/mol. The molecule has 0 aliphatic heterocycles. The standard InChI is InChI=1S/C16H21F5O/c1-2-3-4-5-6-7-12-22-14-10-8-13(9-11-14)15(17,18)16(19,20)21/h8-11H,2-7,12H2,1H3. The Bertz CT molecular complexity index is 425. The smallest absolute Gasteiger partial charge is 0.458 e. The largest absolute Gasteiger partial charge is 0.494 e. The zero-order valence-electron chi connectivity index (χ0n) is 12.6. The van der Waals surface area contributed by atoms with Crippen LogP contribution in [0.4, 0.5) is 22.0 Å². The SMILES string of the molecule is CCCCCCCCOc1ccc(C(F)(F)C(F)(F)F)cc1. The van der Waals surface area contributed by atoms with E-state index in [1.54, 1.807) is 0 Å². The maximum Gasteiger partial charge on any atom is 0.458 e. The molecule has 0 aliphatic carbocycles. The molecule has 22 heavy (non-hydrogen) atoms. The monoisotopic (exact) mass is 324 g/mol. The van der Waals surface area contributed by atoms with Crippen LogP contribution in [-0.2, 0) is 5.92 Å². The van der Waals surface area contributed by atoms with Gasteiger partial charge in [-0.25, -0.2) is 0 Å². The average molecular weight is 324 g/mol. The normalized spacial score (nSPS) is 12.5. The third-order valence-electron chi connectivity index (χ3n) is 3.34. The Morgan fingerprint density at radius 3 is 1.91 bits per heavy atom. The van der Waals surface area contributed by atoms with Gasteiger partial charge in [0.1, 0.15) is 5.75 Å². The van der Waals surface area contributed by atoms with Crippen molar-refractivity contribution < 1.29 is 26.7 Å². The number of hydrogen-bond donors (Lipinski definition) is 0. The first-order valence-corrected chi connectivity index (χ1v) is 7.47. The Kier molecular flexibility index (Phi) is 7.10. The van der Waals surface area contributed by atoms with E-state index in [2.05, 4.69) is 6.92 Å². The lowest BCUT2D eigenvalue weighted by Crippen LogP contribution is -2.33. The summed E-state index contributed by atoms with van der Waals surface area (Å²) in [5.41, 5.74) is -1.08. The molecule has 1 nitrogen and oxygen atoms in total. The zero-order chi connectivity index (χ0) is 16.6. The first-order valence-electron chi connectivity index (χ1n) is 7.47. The van der Waals surface area contributed by atoms with Crippen LogP contribution in [0, 0.1) is 0 Å². The van der Waals surface area contributed by atoms with Gasteiger partial charge in [-0.15, -0.1) is 0 Å². The summed E-state index contributed by atoms with van der Waals surface area (Å²) in [5.74, 6) is -4.54. The van der Waals surface area contributed by atoms with E-state index in [0.717, 1.165) is 43.5 Å². The van der Waals surface area contributed by atoms with Gasteiger partial charge in [-0.1, -0.05) is 39.0 Å². The average Bonchev–Trinajstić information content (AvgIpc) is 2.45. The summed E-state index contributed by atoms with van der Waals surface area (Å²) in [7, 11) is 0. The van der Waals surface area contributed by atoms with E-state index in [4.69, 9.17) is 4.74 Å². The molecular formula is C16H21F5O. The third kappa shape index (κ3) is 5.46. The molecule has 0 saturated heterocycles. The van der Waals surface area contributed by atoms with Crippen LogP contribution in [-0.4, -0.2) is 12.8 Å². The molecule has 0 bridgehead atoms. The van der Waals surface area contributed by atoms with E-state index < -0.39 is 17.7 Å². The Balaban J connectivity index is 2.40. The van der Waals surface area contributed by atoms with Crippen molar-refractivity contribution in [3.63, 3.8) is 0 Å². The van der Waals surface area contributed by atoms with Gasteiger partial charge in [0.15, 0.2) is 0 Å². The van der Waals surface area contributed by atoms with Crippen molar-refractivity contribution in [1.82, 2.24) is 0 Å². The van der Waals surface area contributed by atoms with E-state index in [9.17, 15) is 22.0 Å². The van der Waals surface area contributed by atoms with E-state index in [0.29, 0.717) is 12.4 Å². The summed E-state index contributed by atoms with van der Waals surface area (Å²) in [4.78, 5) is 0. The van der Waals surface area contributed by atoms with E-state index >= 15 is 0 Å². The number of unbranched alkanes of at least 4 members (excludes halogenated alkanes) is 5. The van der Waals surface area contributed by atoms with E-state index in [1.807, 2.05) is 0 Å². The molecule has 0 spiro atoms. The molecule has 0 radical (unpaired) electrons. The first-order chi connectivity index (χ1) is 10.3. The number of hydrogen-bond acceptors (Lipinski definition) is 1. The highest BCUT2D eigenvalue weighted by Gasteiger charge is 2.58. The molecule has 126 valence electrons. The minimum absolute atomic E-state index is 0.301. The third-order valence-corrected chi connectivity index (χ3v) is 3.34. The zero-order valence-corrected chi connectivity index (χ0v) is 12.6. The Morgan fingerprint density at radius 1 is 0.818 bits per heavy atom. The molecule has 6 heteroatoms. The van der Waals surface area contributed by atoms with Gasteiger partial charge in [0.25, 0.3) is 0 Å². The van der Waals surface area contributed by atoms with Crippen LogP contribution in [0.25, 0.3) is 0 Å². The second kappa shape index (κ2) is 8.34. The van der Waals surface area contributed by atoms with Crippen LogP contribution < -0.4 is 4.74 Å². The van der Waals surface area contributed by atoms with Gasteiger partial charge >= 0.3 is 12.1 Å². The molecule has 1 aromatic rings. The fourth-order valence-electron chi connectivity index (χ4n) is 2.00. The molecule has 0 atom stereocenters. The second-order valence-electron chi connectivity index (χ2n) is 5.21. The van der Waals surface area contributed by atoms with Gasteiger partial charge in [0, 0.05) is 5.56 Å². The highest BCUT2D eigenvalue weighted by molar-refractivity contribution is 5.30. The Labute approximate surface area is 127 Å². The van der Waals surface area contributed by atoms with Crippen molar-refractivity contribution in [2.75, 3.05) is 6.61 Å². The van der Waals surface area contributed by atoms with Gasteiger partial charge in [-0.2, -0.15) is 22.0 Å². The minimum Gasteiger partial charge on any atom is -0.494 e. The molecule has 0 amide bonds. The lowest BCUT2D eigenvalue weighted by atomic mass is 10.1. The fraction of sp³-hybridized carbons (Fsp3) is 0.625. The number of halogens is 5. The van der Waals surface area contributed by atoms with Crippen LogP contribution >= 0.6 is 0 Å². The summed E-state index contributed by atoms with van der Waals surface area (Å²) in [6.45, 7) is 2.57. The highest BCUT2D eigenvalue weighted by Crippen LogP contribution is 2.44. The molecule has 1 rings (SSSR count). The van der Waals surface area contributed by atoms with Gasteiger partial charge in [0.2, 0.25) is 0 Å². The Morgan fingerprint density at radius 2 is 1.36 bits per heavy atom. The first kappa shape index (κ1) is 18.7. The van der Waals surface area contributed by atoms with Crippen molar-refractivity contribution >= 4 is 0 Å². The molecule has 0 aromatic heterocycles. The quantitative estimate of drug-likeness (QED) is 0.395. The van der Waals surface area contributed by atoms with E-state index in [1.165, 1.54) is 19.3 Å². The lowest BCUT2D eigenvalue weighted by Gasteiger charge is -2.20. The topological polar surface area (TPSA) is 9.23 Å². The Hall–Kier alpha value is -1.33. The molecule has 0 unspecified atom stereocenters. The fourth-order valence-corrected chi connectivity index (χ4v) is 2.00. The molecular weight excluding hydrogens is 303 g/mol. The van der Waals surface area contributed by atoms with Gasteiger partial charge < -0.3 is 4.74 Å². The molecule has 0 aliphatic rings. The van der Waals surface area contributed by atoms with Crippen molar-refractivity contribution in [2.24, 2.45) is 0 Å². The summed E-state index contributed by atoms with van der Waals surface area (Å²) in [5, 5.41) is 0. The van der Waals surface area contributed by atoms with Crippen molar-refractivity contribution in [3.8, 4) is 5.75 Å². The number of benzene rings is 1. The van der Waals surface area contributed by atoms with Gasteiger partial charge in [0.05, 0.1) is 6.61 Å². The van der Waals surface area contributed by atoms with Crippen LogP contribution in [0.5, 0.6) is 5.75 Å². The van der Waals surface area contributed by atoms with Crippen LogP contribution in [0.1, 0.15) is 51.0 Å². The summed E-state index contributed by atoms with van der Waals surface area (Å²) >= 11 is 0. The second-order valence-corrected chi connectivity index (χ2v) is 5.21. The lowest BCUT2D eigenvalue weighted by molar-refractivity contribution is -0.289. The van der Waals surface area contributed by atoms with Crippen LogP contribution in [0.3, 0.4) is 0 Å². The van der Waals surface area contributed by atoms with Crippen LogP contribution in [0.15, 0.2) is 24.3 Å². The maximum atomic E-state index is 13.1. The van der Waals surface area contributed by atoms with Crippen molar-refractivity contribution in [3.05, 3.63) is 29.8 Å². The summed E-state index contributed by atoms with van der Waals surface area (Å²) in [6.07, 6.45) is 0.940. The number of rotatable bonds is 9. The van der Waals surface area contributed by atoms with Crippen LogP contribution in [0.2, 0.25) is 0 Å². The molecule has 0 saturated carbocycles. The molecule has 0 N–H and O–H groups in total. The number of alkyl halides is 5. The highest BCUT2D eigenvalue weighted by atomic mass is 19.4. The minimum atomic E-state index is -5.59. The van der Waals surface area contributed by atoms with Gasteiger partial charge in [-0.05, 0) is 30.7 Å². The molecule has 0 fully saturated rings. The summed E-state index contributed by atoms with van der Waals surface area (Å²) < 4.78 is 68.1.